The third kappa shape index (κ3) is 2.26. The van der Waals surface area contributed by atoms with E-state index in [1.54, 1.807) is 23.2 Å². The van der Waals surface area contributed by atoms with Crippen molar-refractivity contribution >= 4 is 0 Å². The highest BCUT2D eigenvalue weighted by molar-refractivity contribution is 5.48. The summed E-state index contributed by atoms with van der Waals surface area (Å²) < 4.78 is 1.77. The first-order valence-electron chi connectivity index (χ1n) is 5.02. The first kappa shape index (κ1) is 10.8. The van der Waals surface area contributed by atoms with Crippen LogP contribution in [0.2, 0.25) is 0 Å². The van der Waals surface area contributed by atoms with Crippen LogP contribution >= 0.6 is 0 Å². The number of pyridine rings is 1. The zero-order valence-corrected chi connectivity index (χ0v) is 8.69. The van der Waals surface area contributed by atoms with Crippen LogP contribution in [0.1, 0.15) is 0 Å². The number of nitrogens with zero attached hydrogens (tertiary/aromatic N) is 3. The van der Waals surface area contributed by atoms with Crippen LogP contribution in [0.5, 0.6) is 0 Å². The van der Waals surface area contributed by atoms with Crippen LogP contribution in [-0.4, -0.2) is 37.5 Å². The molecule has 0 saturated heterocycles. The van der Waals surface area contributed by atoms with Crippen LogP contribution in [0.3, 0.4) is 0 Å². The topological polar surface area (TPSA) is 71.2 Å². The van der Waals surface area contributed by atoms with Gasteiger partial charge in [-0.15, -0.1) is 0 Å². The van der Waals surface area contributed by atoms with Crippen LogP contribution in [0.4, 0.5) is 0 Å². The lowest BCUT2D eigenvalue weighted by Gasteiger charge is -2.10. The van der Waals surface area contributed by atoms with E-state index in [4.69, 9.17) is 5.11 Å². The summed E-state index contributed by atoms with van der Waals surface area (Å²) in [5, 5.41) is 18.2. The van der Waals surface area contributed by atoms with Crippen molar-refractivity contribution in [2.45, 2.75) is 12.6 Å². The second-order valence-corrected chi connectivity index (χ2v) is 3.45. The van der Waals surface area contributed by atoms with Crippen LogP contribution in [-0.2, 0) is 6.54 Å². The van der Waals surface area contributed by atoms with Gasteiger partial charge in [-0.3, -0.25) is 4.98 Å². The predicted octanol–water partition coefficient (Wildman–Crippen LogP) is 0.298. The Hall–Kier alpha value is -1.72. The molecular formula is C11H13N3O2. The summed E-state index contributed by atoms with van der Waals surface area (Å²) in [4.78, 5) is 8.37. The molecule has 5 nitrogen and oxygen atoms in total. The standard InChI is InChI=1S/C11H13N3O2/c15-8-9(16)7-14-6-5-13-11(14)10-3-1-2-4-12-10/h1-6,9,15-16H,7-8H2. The zero-order chi connectivity index (χ0) is 11.4. The van der Waals surface area contributed by atoms with E-state index in [0.29, 0.717) is 12.4 Å². The molecule has 0 bridgehead atoms. The van der Waals surface area contributed by atoms with E-state index in [-0.39, 0.29) is 6.61 Å². The average Bonchev–Trinajstić information content (AvgIpc) is 2.78. The molecule has 2 N–H and O–H groups in total. The Morgan fingerprint density at radius 1 is 1.25 bits per heavy atom. The first-order chi connectivity index (χ1) is 7.81. The van der Waals surface area contributed by atoms with Crippen LogP contribution in [0.25, 0.3) is 11.5 Å². The summed E-state index contributed by atoms with van der Waals surface area (Å²) >= 11 is 0. The molecule has 2 aromatic heterocycles. The normalized spacial score (nSPS) is 12.6. The molecule has 0 saturated carbocycles. The zero-order valence-electron chi connectivity index (χ0n) is 8.69. The van der Waals surface area contributed by atoms with E-state index in [0.717, 1.165) is 5.69 Å². The molecule has 0 aromatic carbocycles. The number of hydrogen-bond acceptors (Lipinski definition) is 4. The largest absolute Gasteiger partial charge is 0.394 e. The Kier molecular flexibility index (Phi) is 3.28. The van der Waals surface area contributed by atoms with Crippen LogP contribution in [0.15, 0.2) is 36.8 Å². The highest BCUT2D eigenvalue weighted by Gasteiger charge is 2.09. The second-order valence-electron chi connectivity index (χ2n) is 3.45. The fourth-order valence-electron chi connectivity index (χ4n) is 1.47. The van der Waals surface area contributed by atoms with Crippen molar-refractivity contribution in [3.05, 3.63) is 36.8 Å². The summed E-state index contributed by atoms with van der Waals surface area (Å²) in [6.07, 6.45) is 4.31. The molecule has 16 heavy (non-hydrogen) atoms. The van der Waals surface area contributed by atoms with Gasteiger partial charge < -0.3 is 14.8 Å². The molecule has 0 spiro atoms. The number of rotatable bonds is 4. The van der Waals surface area contributed by atoms with Gasteiger partial charge in [-0.05, 0) is 12.1 Å². The minimum Gasteiger partial charge on any atom is -0.394 e. The molecule has 2 aromatic rings. The summed E-state index contributed by atoms with van der Waals surface area (Å²) in [5.74, 6) is 0.688. The molecule has 2 rings (SSSR count). The number of aromatic nitrogens is 3. The second kappa shape index (κ2) is 4.87. The monoisotopic (exact) mass is 219 g/mol. The van der Waals surface area contributed by atoms with Gasteiger partial charge in [0, 0.05) is 18.6 Å². The van der Waals surface area contributed by atoms with Gasteiger partial charge in [0.1, 0.15) is 5.69 Å². The van der Waals surface area contributed by atoms with Crippen LogP contribution in [0, 0.1) is 0 Å². The molecule has 0 fully saturated rings. The average molecular weight is 219 g/mol. The lowest BCUT2D eigenvalue weighted by molar-refractivity contribution is 0.0815. The van der Waals surface area contributed by atoms with E-state index < -0.39 is 6.10 Å². The molecule has 0 amide bonds. The summed E-state index contributed by atoms with van der Waals surface area (Å²) in [6.45, 7) is 0.0439. The fraction of sp³-hybridized carbons (Fsp3) is 0.273. The molecule has 0 radical (unpaired) electrons. The molecule has 84 valence electrons. The van der Waals surface area contributed by atoms with Gasteiger partial charge in [0.05, 0.1) is 19.3 Å². The summed E-state index contributed by atoms with van der Waals surface area (Å²) in [6, 6.07) is 5.56. The van der Waals surface area contributed by atoms with Crippen molar-refractivity contribution in [2.24, 2.45) is 0 Å². The molecule has 0 aliphatic carbocycles. The minimum atomic E-state index is -0.781. The van der Waals surface area contributed by atoms with Gasteiger partial charge in [-0.1, -0.05) is 6.07 Å². The van der Waals surface area contributed by atoms with Gasteiger partial charge in [0.2, 0.25) is 0 Å². The van der Waals surface area contributed by atoms with E-state index in [1.165, 1.54) is 0 Å². The molecule has 1 atom stereocenters. The van der Waals surface area contributed by atoms with Gasteiger partial charge >= 0.3 is 0 Å². The summed E-state index contributed by atoms with van der Waals surface area (Å²) in [5.41, 5.74) is 0.748. The van der Waals surface area contributed by atoms with E-state index >= 15 is 0 Å². The van der Waals surface area contributed by atoms with Crippen molar-refractivity contribution in [1.29, 1.82) is 0 Å². The third-order valence-electron chi connectivity index (χ3n) is 2.23. The summed E-state index contributed by atoms with van der Waals surface area (Å²) in [7, 11) is 0. The molecule has 2 heterocycles. The number of aliphatic hydroxyl groups excluding tert-OH is 2. The molecular weight excluding hydrogens is 206 g/mol. The number of aliphatic hydroxyl groups is 2. The maximum absolute atomic E-state index is 9.38. The number of hydrogen-bond donors (Lipinski definition) is 2. The van der Waals surface area contributed by atoms with Crippen molar-refractivity contribution < 1.29 is 10.2 Å². The maximum Gasteiger partial charge on any atom is 0.158 e. The first-order valence-corrected chi connectivity index (χ1v) is 5.02. The Morgan fingerprint density at radius 3 is 2.81 bits per heavy atom. The lowest BCUT2D eigenvalue weighted by Crippen LogP contribution is -2.20. The molecule has 1 unspecified atom stereocenters. The highest BCUT2D eigenvalue weighted by Crippen LogP contribution is 2.14. The fourth-order valence-corrected chi connectivity index (χ4v) is 1.47. The Labute approximate surface area is 93.0 Å². The van der Waals surface area contributed by atoms with Gasteiger partial charge in [0.15, 0.2) is 5.82 Å². The van der Waals surface area contributed by atoms with Crippen LogP contribution < -0.4 is 0 Å². The Balaban J connectivity index is 2.26. The van der Waals surface area contributed by atoms with E-state index in [1.807, 2.05) is 18.2 Å². The van der Waals surface area contributed by atoms with E-state index in [9.17, 15) is 5.11 Å². The smallest absolute Gasteiger partial charge is 0.158 e. The lowest BCUT2D eigenvalue weighted by atomic mass is 10.3. The Bertz CT molecular complexity index is 442. The molecule has 0 aliphatic rings. The number of imidazole rings is 1. The van der Waals surface area contributed by atoms with Gasteiger partial charge in [-0.25, -0.2) is 4.98 Å². The third-order valence-corrected chi connectivity index (χ3v) is 2.23. The van der Waals surface area contributed by atoms with Gasteiger partial charge in [-0.2, -0.15) is 0 Å². The SMILES string of the molecule is OCC(O)Cn1ccnc1-c1ccccn1. The van der Waals surface area contributed by atoms with E-state index in [2.05, 4.69) is 9.97 Å². The van der Waals surface area contributed by atoms with Gasteiger partial charge in [0.25, 0.3) is 0 Å². The predicted molar refractivity (Wildman–Crippen MR) is 58.6 cm³/mol. The van der Waals surface area contributed by atoms with Crippen molar-refractivity contribution in [3.8, 4) is 11.5 Å². The van der Waals surface area contributed by atoms with Crippen molar-refractivity contribution in [3.63, 3.8) is 0 Å². The quantitative estimate of drug-likeness (QED) is 0.775. The van der Waals surface area contributed by atoms with Crippen molar-refractivity contribution in [1.82, 2.24) is 14.5 Å². The maximum atomic E-state index is 9.38. The molecule has 0 aliphatic heterocycles. The molecule has 5 heteroatoms. The Morgan fingerprint density at radius 2 is 2.12 bits per heavy atom. The highest BCUT2D eigenvalue weighted by atomic mass is 16.3. The van der Waals surface area contributed by atoms with Crippen molar-refractivity contribution in [2.75, 3.05) is 6.61 Å². The minimum absolute atomic E-state index is 0.264.